The molecule has 6 heteroatoms. The first-order valence-electron chi connectivity index (χ1n) is 7.80. The minimum Gasteiger partial charge on any atom is -0.395 e. The van der Waals surface area contributed by atoms with E-state index < -0.39 is 11.0 Å². The number of aliphatic hydroxyl groups is 1. The molecule has 1 aliphatic heterocycles. The summed E-state index contributed by atoms with van der Waals surface area (Å²) in [4.78, 5) is 3.90. The number of aliphatic hydroxyl groups excluding tert-OH is 1. The molecule has 1 aromatic heterocycles. The maximum absolute atomic E-state index is 13.4. The summed E-state index contributed by atoms with van der Waals surface area (Å²) >= 11 is 0. The second-order valence-corrected chi connectivity index (χ2v) is 7.34. The van der Waals surface area contributed by atoms with Crippen LogP contribution in [0, 0.1) is 5.82 Å². The number of fused-ring (bicyclic) bond motifs is 2. The lowest BCUT2D eigenvalue weighted by molar-refractivity contribution is 0.242. The average Bonchev–Trinajstić information content (AvgIpc) is 3.09. The first-order chi connectivity index (χ1) is 11.6. The standard InChI is InChI=1S/C18H17FN2O2S/c1-11-15-8-12(2-5-18(15)24(23)21(11)6-7-22)16-10-20-17-9-13(19)3-4-14(16)17/h2-5,8-11,20,22H,6-7H2,1H3. The molecule has 2 heterocycles. The van der Waals surface area contributed by atoms with Crippen molar-refractivity contribution in [3.05, 3.63) is 54.0 Å². The number of β-amino-alcohol motifs (C(OH)–C–C–N with tert-alkyl or cyclic N) is 1. The van der Waals surface area contributed by atoms with E-state index in [2.05, 4.69) is 4.98 Å². The SMILES string of the molecule is CC1c2cc(-c3c[nH]c4cc(F)ccc34)ccc2S(=O)N1CCO. The molecule has 3 aromatic rings. The summed E-state index contributed by atoms with van der Waals surface area (Å²) in [6, 6.07) is 10.6. The van der Waals surface area contributed by atoms with Crippen molar-refractivity contribution >= 4 is 21.9 Å². The molecule has 124 valence electrons. The molecule has 2 aromatic carbocycles. The van der Waals surface area contributed by atoms with Crippen molar-refractivity contribution in [3.63, 3.8) is 0 Å². The summed E-state index contributed by atoms with van der Waals surface area (Å²) in [6.07, 6.45) is 1.87. The predicted octanol–water partition coefficient (Wildman–Crippen LogP) is 3.37. The van der Waals surface area contributed by atoms with Crippen molar-refractivity contribution in [3.8, 4) is 11.1 Å². The zero-order chi connectivity index (χ0) is 16.8. The topological polar surface area (TPSA) is 56.3 Å². The second kappa shape index (κ2) is 5.81. The van der Waals surface area contributed by atoms with Crippen LogP contribution in [0.4, 0.5) is 4.39 Å². The van der Waals surface area contributed by atoms with Gasteiger partial charge in [-0.15, -0.1) is 0 Å². The molecule has 0 fully saturated rings. The number of nitrogens with one attached hydrogen (secondary N) is 1. The van der Waals surface area contributed by atoms with Crippen molar-refractivity contribution in [1.29, 1.82) is 0 Å². The number of rotatable bonds is 3. The van der Waals surface area contributed by atoms with Gasteiger partial charge in [-0.2, -0.15) is 0 Å². The Kier molecular flexibility index (Phi) is 3.75. The van der Waals surface area contributed by atoms with E-state index in [1.165, 1.54) is 12.1 Å². The predicted molar refractivity (Wildman–Crippen MR) is 92.3 cm³/mol. The molecule has 2 N–H and O–H groups in total. The lowest BCUT2D eigenvalue weighted by atomic mass is 9.99. The van der Waals surface area contributed by atoms with E-state index in [4.69, 9.17) is 0 Å². The fourth-order valence-electron chi connectivity index (χ4n) is 3.34. The van der Waals surface area contributed by atoms with Crippen molar-refractivity contribution < 1.29 is 13.7 Å². The van der Waals surface area contributed by atoms with Gasteiger partial charge in [-0.25, -0.2) is 12.9 Å². The number of halogens is 1. The zero-order valence-electron chi connectivity index (χ0n) is 13.1. The summed E-state index contributed by atoms with van der Waals surface area (Å²) < 4.78 is 27.7. The van der Waals surface area contributed by atoms with Gasteiger partial charge in [0.15, 0.2) is 0 Å². The molecule has 0 spiro atoms. The maximum atomic E-state index is 13.4. The Balaban J connectivity index is 1.81. The van der Waals surface area contributed by atoms with Gasteiger partial charge < -0.3 is 10.1 Å². The van der Waals surface area contributed by atoms with Crippen LogP contribution in [-0.2, 0) is 11.0 Å². The summed E-state index contributed by atoms with van der Waals surface area (Å²) in [6.45, 7) is 2.35. The summed E-state index contributed by atoms with van der Waals surface area (Å²) in [5.41, 5.74) is 3.76. The molecule has 0 aliphatic carbocycles. The van der Waals surface area contributed by atoms with E-state index in [0.717, 1.165) is 32.5 Å². The molecule has 4 nitrogen and oxygen atoms in total. The zero-order valence-corrected chi connectivity index (χ0v) is 13.9. The number of hydrogen-bond donors (Lipinski definition) is 2. The number of hydrogen-bond acceptors (Lipinski definition) is 2. The Morgan fingerprint density at radius 2 is 2.12 bits per heavy atom. The van der Waals surface area contributed by atoms with Crippen molar-refractivity contribution in [2.75, 3.05) is 13.2 Å². The van der Waals surface area contributed by atoms with Gasteiger partial charge in [-0.05, 0) is 48.4 Å². The van der Waals surface area contributed by atoms with E-state index in [-0.39, 0.29) is 18.5 Å². The van der Waals surface area contributed by atoms with Gasteiger partial charge >= 0.3 is 0 Å². The van der Waals surface area contributed by atoms with E-state index in [1.807, 2.05) is 31.3 Å². The fraction of sp³-hybridized carbons (Fsp3) is 0.222. The highest BCUT2D eigenvalue weighted by atomic mass is 32.2. The van der Waals surface area contributed by atoms with Gasteiger partial charge in [0.05, 0.1) is 11.5 Å². The third-order valence-corrected chi connectivity index (χ3v) is 6.24. The van der Waals surface area contributed by atoms with E-state index in [9.17, 15) is 13.7 Å². The first-order valence-corrected chi connectivity index (χ1v) is 8.91. The Morgan fingerprint density at radius 1 is 1.29 bits per heavy atom. The van der Waals surface area contributed by atoms with Gasteiger partial charge in [0, 0.05) is 35.2 Å². The molecule has 0 radical (unpaired) electrons. The van der Waals surface area contributed by atoms with E-state index in [0.29, 0.717) is 6.54 Å². The van der Waals surface area contributed by atoms with Gasteiger partial charge in [0.2, 0.25) is 0 Å². The monoisotopic (exact) mass is 344 g/mol. The number of H-pyrrole nitrogens is 1. The smallest absolute Gasteiger partial charge is 0.128 e. The van der Waals surface area contributed by atoms with E-state index >= 15 is 0 Å². The van der Waals surface area contributed by atoms with Crippen LogP contribution < -0.4 is 0 Å². The lowest BCUT2D eigenvalue weighted by Crippen LogP contribution is -2.25. The minimum absolute atomic E-state index is 0.0180. The minimum atomic E-state index is -1.23. The average molecular weight is 344 g/mol. The largest absolute Gasteiger partial charge is 0.395 e. The fourth-order valence-corrected chi connectivity index (χ4v) is 4.86. The number of benzene rings is 2. The molecule has 2 atom stereocenters. The highest BCUT2D eigenvalue weighted by Gasteiger charge is 2.33. The van der Waals surface area contributed by atoms with Gasteiger partial charge in [-0.1, -0.05) is 6.07 Å². The Labute approximate surface area is 141 Å². The van der Waals surface area contributed by atoms with Crippen LogP contribution in [0.15, 0.2) is 47.5 Å². The van der Waals surface area contributed by atoms with Crippen LogP contribution in [0.3, 0.4) is 0 Å². The Hall–Kier alpha value is -2.02. The highest BCUT2D eigenvalue weighted by molar-refractivity contribution is 7.83. The quantitative estimate of drug-likeness (QED) is 0.765. The molecule has 0 saturated carbocycles. The van der Waals surface area contributed by atoms with Crippen LogP contribution in [0.1, 0.15) is 18.5 Å². The van der Waals surface area contributed by atoms with Crippen molar-refractivity contribution in [1.82, 2.24) is 9.29 Å². The molecular weight excluding hydrogens is 327 g/mol. The number of aromatic nitrogens is 1. The Morgan fingerprint density at radius 3 is 2.92 bits per heavy atom. The van der Waals surface area contributed by atoms with Gasteiger partial charge in [-0.3, -0.25) is 0 Å². The molecule has 2 unspecified atom stereocenters. The van der Waals surface area contributed by atoms with Gasteiger partial charge in [0.25, 0.3) is 0 Å². The van der Waals surface area contributed by atoms with Crippen LogP contribution in [-0.4, -0.2) is 31.8 Å². The molecule has 4 rings (SSSR count). The lowest BCUT2D eigenvalue weighted by Gasteiger charge is -2.18. The number of aromatic amines is 1. The summed E-state index contributed by atoms with van der Waals surface area (Å²) in [5, 5.41) is 10.1. The third kappa shape index (κ3) is 2.30. The molecular formula is C18H17FN2O2S. The number of nitrogens with zero attached hydrogens (tertiary/aromatic N) is 1. The normalized spacial score (nSPS) is 20.6. The third-order valence-electron chi connectivity index (χ3n) is 4.57. The highest BCUT2D eigenvalue weighted by Crippen LogP contribution is 2.39. The van der Waals surface area contributed by atoms with Crippen LogP contribution in [0.5, 0.6) is 0 Å². The second-order valence-electron chi connectivity index (χ2n) is 5.93. The molecule has 1 aliphatic rings. The maximum Gasteiger partial charge on any atom is 0.128 e. The first kappa shape index (κ1) is 15.5. The molecule has 0 saturated heterocycles. The molecule has 0 bridgehead atoms. The Bertz CT molecular complexity index is 953. The summed E-state index contributed by atoms with van der Waals surface area (Å²) in [7, 11) is -1.23. The molecule has 24 heavy (non-hydrogen) atoms. The van der Waals surface area contributed by atoms with Crippen LogP contribution in [0.25, 0.3) is 22.0 Å². The van der Waals surface area contributed by atoms with Crippen molar-refractivity contribution in [2.24, 2.45) is 0 Å². The van der Waals surface area contributed by atoms with E-state index in [1.54, 1.807) is 10.4 Å². The van der Waals surface area contributed by atoms with Gasteiger partial charge in [0.1, 0.15) is 16.8 Å². The molecule has 0 amide bonds. The van der Waals surface area contributed by atoms with Crippen LogP contribution in [0.2, 0.25) is 0 Å². The van der Waals surface area contributed by atoms with Crippen molar-refractivity contribution in [2.45, 2.75) is 17.9 Å². The van der Waals surface area contributed by atoms with Crippen LogP contribution >= 0.6 is 0 Å². The summed E-state index contributed by atoms with van der Waals surface area (Å²) in [5.74, 6) is -0.270.